The van der Waals surface area contributed by atoms with Gasteiger partial charge in [-0.3, -0.25) is 24.8 Å². The number of hydrogen-bond donors (Lipinski definition) is 3. The first-order chi connectivity index (χ1) is 23.4. The van der Waals surface area contributed by atoms with E-state index >= 15 is 0 Å². The summed E-state index contributed by atoms with van der Waals surface area (Å²) in [6, 6.07) is 9.44. The molecule has 2 spiro atoms. The maximum Gasteiger partial charge on any atom is 0.410 e. The molecule has 6 rings (SSSR count). The van der Waals surface area contributed by atoms with Crippen LogP contribution in [0.1, 0.15) is 68.7 Å². The number of anilines is 1. The molecule has 3 fully saturated rings. The summed E-state index contributed by atoms with van der Waals surface area (Å²) < 4.78 is 34.0. The number of amides is 5. The second-order valence-electron chi connectivity index (χ2n) is 14.6. The van der Waals surface area contributed by atoms with Gasteiger partial charge in [0.15, 0.2) is 0 Å². The average molecular weight is 709 g/mol. The largest absolute Gasteiger partial charge is 0.508 e. The second kappa shape index (κ2) is 12.7. The number of piperidine rings is 2. The van der Waals surface area contributed by atoms with Crippen LogP contribution in [-0.2, 0) is 30.8 Å². The standard InChI is InChI=1S/C35H44N6O8S/c1-22-20-25(41-31(45)37-30(44)35(41)13-15-39(16-14-35)32(46)49-33(3,4)5)21-23(2)27(22)10-19-50(47,48)40-17-11-34(12-18-40)29(43)36-28(38-34)24-6-8-26(42)9-7-24/h6-9,20-21,42H,10-19H2,1-5H3,(H,36,38,43)(H,37,44,45). The van der Waals surface area contributed by atoms with E-state index in [0.717, 1.165) is 16.7 Å². The van der Waals surface area contributed by atoms with Gasteiger partial charge in [0.25, 0.3) is 11.8 Å². The molecule has 0 radical (unpaired) electrons. The van der Waals surface area contributed by atoms with Gasteiger partial charge >= 0.3 is 12.1 Å². The summed E-state index contributed by atoms with van der Waals surface area (Å²) in [7, 11) is -3.67. The Bertz CT molecular complexity index is 1850. The number of carbonyl (C=O) groups excluding carboxylic acids is 4. The topological polar surface area (TPSA) is 178 Å². The summed E-state index contributed by atoms with van der Waals surface area (Å²) >= 11 is 0. The summed E-state index contributed by atoms with van der Waals surface area (Å²) in [5.74, 6) is -0.285. The Morgan fingerprint density at radius 1 is 0.920 bits per heavy atom. The number of hydrogen-bond acceptors (Lipinski definition) is 9. The van der Waals surface area contributed by atoms with E-state index in [1.165, 1.54) is 21.3 Å². The zero-order valence-corrected chi connectivity index (χ0v) is 29.9. The van der Waals surface area contributed by atoms with Crippen molar-refractivity contribution in [2.24, 2.45) is 4.99 Å². The summed E-state index contributed by atoms with van der Waals surface area (Å²) in [5.41, 5.74) is 0.767. The van der Waals surface area contributed by atoms with E-state index in [0.29, 0.717) is 17.1 Å². The highest BCUT2D eigenvalue weighted by atomic mass is 32.2. The van der Waals surface area contributed by atoms with E-state index in [4.69, 9.17) is 4.74 Å². The van der Waals surface area contributed by atoms with Gasteiger partial charge in [0, 0.05) is 37.4 Å². The number of imide groups is 1. The molecule has 3 N–H and O–H groups in total. The molecule has 4 aliphatic rings. The Morgan fingerprint density at radius 2 is 1.52 bits per heavy atom. The normalized spacial score (nSPS) is 20.7. The third kappa shape index (κ3) is 6.55. The van der Waals surface area contributed by atoms with Crippen LogP contribution < -0.4 is 15.5 Å². The average Bonchev–Trinajstić information content (AvgIpc) is 3.47. The van der Waals surface area contributed by atoms with Crippen LogP contribution in [0.5, 0.6) is 5.75 Å². The van der Waals surface area contributed by atoms with E-state index in [2.05, 4.69) is 15.6 Å². The van der Waals surface area contributed by atoms with Crippen LogP contribution in [0.4, 0.5) is 15.3 Å². The number of aromatic hydroxyl groups is 1. The molecular weight excluding hydrogens is 664 g/mol. The first-order valence-electron chi connectivity index (χ1n) is 16.9. The number of carbonyl (C=O) groups is 4. The van der Waals surface area contributed by atoms with Crippen LogP contribution in [-0.4, -0.2) is 101 Å². The molecule has 4 heterocycles. The molecule has 5 amide bonds. The minimum Gasteiger partial charge on any atom is -0.508 e. The lowest BCUT2D eigenvalue weighted by atomic mass is 9.85. The number of sulfonamides is 1. The summed E-state index contributed by atoms with van der Waals surface area (Å²) in [5, 5.41) is 14.9. The SMILES string of the molecule is Cc1cc(N2C(=O)NC(=O)C23CCN(C(=O)OC(C)(C)C)CC3)cc(C)c1CCS(=O)(=O)N1CCC2(CC1)N=C(c1ccc(O)cc1)NC2=O. The summed E-state index contributed by atoms with van der Waals surface area (Å²) in [6.07, 6.45) is 0.762. The van der Waals surface area contributed by atoms with E-state index in [1.807, 2.05) is 26.0 Å². The van der Waals surface area contributed by atoms with Crippen LogP contribution in [0.3, 0.4) is 0 Å². The Hall–Kier alpha value is -4.50. The molecule has 0 aromatic heterocycles. The van der Waals surface area contributed by atoms with Gasteiger partial charge in [-0.2, -0.15) is 0 Å². The van der Waals surface area contributed by atoms with Crippen molar-refractivity contribution in [2.45, 2.75) is 83.4 Å². The molecule has 0 aliphatic carbocycles. The fraction of sp³-hybridized carbons (Fsp3) is 0.514. The first kappa shape index (κ1) is 35.3. The van der Waals surface area contributed by atoms with Crippen molar-refractivity contribution in [3.63, 3.8) is 0 Å². The highest BCUT2D eigenvalue weighted by Gasteiger charge is 2.55. The highest BCUT2D eigenvalue weighted by Crippen LogP contribution is 2.39. The molecule has 4 aliphatic heterocycles. The Morgan fingerprint density at radius 3 is 2.10 bits per heavy atom. The lowest BCUT2D eigenvalue weighted by molar-refractivity contribution is -0.125. The molecule has 3 saturated heterocycles. The zero-order valence-electron chi connectivity index (χ0n) is 29.0. The van der Waals surface area contributed by atoms with Gasteiger partial charge in [-0.15, -0.1) is 0 Å². The van der Waals surface area contributed by atoms with Gasteiger partial charge in [-0.1, -0.05) is 0 Å². The molecule has 15 heteroatoms. The van der Waals surface area contributed by atoms with Gasteiger partial charge < -0.3 is 20.1 Å². The number of urea groups is 1. The fourth-order valence-corrected chi connectivity index (χ4v) is 8.83. The number of likely N-dealkylation sites (tertiary alicyclic amines) is 1. The molecule has 0 bridgehead atoms. The van der Waals surface area contributed by atoms with Crippen LogP contribution >= 0.6 is 0 Å². The lowest BCUT2D eigenvalue weighted by Gasteiger charge is -2.42. The number of amidine groups is 1. The molecule has 268 valence electrons. The Balaban J connectivity index is 1.11. The third-order valence-corrected chi connectivity index (χ3v) is 12.0. The number of aryl methyl sites for hydroxylation is 2. The number of nitrogens with zero attached hydrogens (tertiary/aromatic N) is 4. The number of rotatable bonds is 6. The molecule has 0 saturated carbocycles. The molecule has 14 nitrogen and oxygen atoms in total. The maximum absolute atomic E-state index is 13.5. The van der Waals surface area contributed by atoms with E-state index in [1.54, 1.807) is 37.8 Å². The van der Waals surface area contributed by atoms with Crippen LogP contribution in [0.25, 0.3) is 0 Å². The van der Waals surface area contributed by atoms with Gasteiger partial charge in [0.05, 0.1) is 5.75 Å². The molecular formula is C35H44N6O8S. The molecule has 0 atom stereocenters. The molecule has 2 aromatic rings. The van der Waals surface area contributed by atoms with Crippen molar-refractivity contribution in [2.75, 3.05) is 36.8 Å². The number of phenolic OH excluding ortho intramolecular Hbond substituents is 1. The Kier molecular flexibility index (Phi) is 8.96. The van der Waals surface area contributed by atoms with Crippen molar-refractivity contribution in [3.05, 3.63) is 58.7 Å². The van der Waals surface area contributed by atoms with Gasteiger partial charge in [-0.05, 0) is 120 Å². The third-order valence-electron chi connectivity index (χ3n) is 10.1. The summed E-state index contributed by atoms with van der Waals surface area (Å²) in [4.78, 5) is 59.8. The monoisotopic (exact) mass is 708 g/mol. The number of nitrogens with one attached hydrogen (secondary N) is 2. The minimum absolute atomic E-state index is 0.103. The number of phenols is 1. The minimum atomic E-state index is -3.67. The predicted molar refractivity (Wildman–Crippen MR) is 186 cm³/mol. The Labute approximate surface area is 291 Å². The predicted octanol–water partition coefficient (Wildman–Crippen LogP) is 3.12. The van der Waals surface area contributed by atoms with Gasteiger partial charge in [0.1, 0.15) is 28.3 Å². The maximum atomic E-state index is 13.5. The van der Waals surface area contributed by atoms with Crippen molar-refractivity contribution < 1.29 is 37.4 Å². The van der Waals surface area contributed by atoms with Gasteiger partial charge in [-0.25, -0.2) is 22.3 Å². The van der Waals surface area contributed by atoms with Crippen molar-refractivity contribution >= 4 is 45.5 Å². The molecule has 50 heavy (non-hydrogen) atoms. The molecule has 0 unspecified atom stereocenters. The highest BCUT2D eigenvalue weighted by molar-refractivity contribution is 7.89. The second-order valence-corrected chi connectivity index (χ2v) is 16.7. The van der Waals surface area contributed by atoms with E-state index in [-0.39, 0.29) is 75.7 Å². The van der Waals surface area contributed by atoms with E-state index in [9.17, 15) is 32.7 Å². The quantitative estimate of drug-likeness (QED) is 0.384. The van der Waals surface area contributed by atoms with Crippen molar-refractivity contribution in [1.29, 1.82) is 0 Å². The summed E-state index contributed by atoms with van der Waals surface area (Å²) in [6.45, 7) is 9.89. The number of aliphatic imine (C=N–C) groups is 1. The lowest BCUT2D eigenvalue weighted by Crippen LogP contribution is -2.58. The zero-order chi connectivity index (χ0) is 36.2. The van der Waals surface area contributed by atoms with Crippen molar-refractivity contribution in [1.82, 2.24) is 19.8 Å². The van der Waals surface area contributed by atoms with Crippen LogP contribution in [0.15, 0.2) is 41.4 Å². The first-order valence-corrected chi connectivity index (χ1v) is 18.5. The van der Waals surface area contributed by atoms with Crippen molar-refractivity contribution in [3.8, 4) is 5.75 Å². The van der Waals surface area contributed by atoms with Crippen LogP contribution in [0.2, 0.25) is 0 Å². The van der Waals surface area contributed by atoms with E-state index < -0.39 is 44.7 Å². The van der Waals surface area contributed by atoms with Crippen LogP contribution in [0, 0.1) is 13.8 Å². The number of benzene rings is 2. The smallest absolute Gasteiger partial charge is 0.410 e. The van der Waals surface area contributed by atoms with Gasteiger partial charge in [0.2, 0.25) is 10.0 Å². The molecule has 2 aromatic carbocycles. The fourth-order valence-electron chi connectivity index (χ4n) is 7.37. The number of ether oxygens (including phenoxy) is 1.